The Morgan fingerprint density at radius 1 is 1.09 bits per heavy atom. The van der Waals surface area contributed by atoms with Crippen LogP contribution in [0.2, 0.25) is 0 Å². The van der Waals surface area contributed by atoms with Gasteiger partial charge in [0.1, 0.15) is 0 Å². The van der Waals surface area contributed by atoms with Gasteiger partial charge in [-0.1, -0.05) is 0 Å². The molecule has 2 saturated heterocycles. The summed E-state index contributed by atoms with van der Waals surface area (Å²) in [5, 5.41) is 6.17. The number of nitrogens with one attached hydrogen (secondary N) is 2. The summed E-state index contributed by atoms with van der Waals surface area (Å²) in [5.41, 5.74) is -3.63. The summed E-state index contributed by atoms with van der Waals surface area (Å²) in [6.07, 6.45) is -7.85. The summed E-state index contributed by atoms with van der Waals surface area (Å²) < 4.78 is 90.7. The van der Waals surface area contributed by atoms with Crippen molar-refractivity contribution in [3.05, 3.63) is 34.9 Å². The van der Waals surface area contributed by atoms with E-state index in [1.165, 1.54) is 7.11 Å². The number of ether oxygens (including phenoxy) is 2. The number of amides is 1. The Hall–Kier alpha value is -1.85. The molecule has 1 atom stereocenters. The number of hydrogen-bond donors (Lipinski definition) is 2. The first-order chi connectivity index (χ1) is 15.9. The van der Waals surface area contributed by atoms with Crippen LogP contribution in [-0.4, -0.2) is 52.0 Å². The average molecular weight is 496 g/mol. The molecule has 2 heterocycles. The fourth-order valence-corrected chi connectivity index (χ4v) is 4.78. The number of carbonyl (C=O) groups is 1. The van der Waals surface area contributed by atoms with Crippen molar-refractivity contribution in [1.29, 1.82) is 0 Å². The van der Waals surface area contributed by atoms with Crippen molar-refractivity contribution in [2.75, 3.05) is 40.0 Å². The number of halogens is 6. The first-order valence-corrected chi connectivity index (χ1v) is 11.3. The summed E-state index contributed by atoms with van der Waals surface area (Å²) >= 11 is 0. The van der Waals surface area contributed by atoms with Crippen LogP contribution in [-0.2, 0) is 33.0 Å². The van der Waals surface area contributed by atoms with Crippen molar-refractivity contribution in [2.45, 2.75) is 50.5 Å². The van der Waals surface area contributed by atoms with Crippen molar-refractivity contribution in [1.82, 2.24) is 10.6 Å². The van der Waals surface area contributed by atoms with Crippen LogP contribution in [0.5, 0.6) is 0 Å². The molecule has 0 aromatic heterocycles. The number of methoxy groups -OCH3 is 1. The smallest absolute Gasteiger partial charge is 0.384 e. The second-order valence-electron chi connectivity index (χ2n) is 9.11. The number of carbonyl (C=O) groups excluding carboxylic acids is 1. The van der Waals surface area contributed by atoms with Crippen LogP contribution in [0.15, 0.2) is 18.2 Å². The molecule has 34 heavy (non-hydrogen) atoms. The predicted octanol–water partition coefficient (Wildman–Crippen LogP) is 4.19. The van der Waals surface area contributed by atoms with Crippen LogP contribution >= 0.6 is 0 Å². The van der Waals surface area contributed by atoms with E-state index in [0.29, 0.717) is 52.0 Å². The van der Waals surface area contributed by atoms with Gasteiger partial charge in [0.2, 0.25) is 5.91 Å². The van der Waals surface area contributed by atoms with Crippen LogP contribution in [0.25, 0.3) is 0 Å². The summed E-state index contributed by atoms with van der Waals surface area (Å²) in [6.45, 7) is 2.24. The maximum atomic E-state index is 13.4. The zero-order valence-corrected chi connectivity index (χ0v) is 19.0. The van der Waals surface area contributed by atoms with Crippen molar-refractivity contribution >= 4 is 5.91 Å². The Balaban J connectivity index is 1.91. The standard InChI is InChI=1S/C23H30F6N2O3/c1-33-14-21(4-6-30-7-5-21)20(32)31-19(16-2-8-34-9-3-16)12-15-10-17(22(24,25)26)13-18(11-15)23(27,28)29/h10-11,13,16,19,30H,2-9,12,14H2,1H3,(H,31,32). The third-order valence-electron chi connectivity index (χ3n) is 6.72. The molecule has 0 bridgehead atoms. The molecule has 192 valence electrons. The van der Waals surface area contributed by atoms with E-state index in [0.717, 1.165) is 12.1 Å². The SMILES string of the molecule is COCC1(C(=O)NC(Cc2cc(C(F)(F)F)cc(C(F)(F)F)c2)C2CCOCC2)CCNCC1. The monoisotopic (exact) mass is 496 g/mol. The van der Waals surface area contributed by atoms with Crippen molar-refractivity contribution in [3.63, 3.8) is 0 Å². The van der Waals surface area contributed by atoms with E-state index in [1.807, 2.05) is 0 Å². The third-order valence-corrected chi connectivity index (χ3v) is 6.72. The maximum Gasteiger partial charge on any atom is 0.416 e. The van der Waals surface area contributed by atoms with Crippen molar-refractivity contribution in [2.24, 2.45) is 11.3 Å². The van der Waals surface area contributed by atoms with Gasteiger partial charge in [0.15, 0.2) is 0 Å². The number of piperidine rings is 1. The zero-order valence-electron chi connectivity index (χ0n) is 19.0. The van der Waals surface area contributed by atoms with Gasteiger partial charge in [0.25, 0.3) is 0 Å². The number of rotatable bonds is 7. The molecular weight excluding hydrogens is 466 g/mol. The molecule has 0 spiro atoms. The molecule has 1 aromatic rings. The minimum Gasteiger partial charge on any atom is -0.384 e. The molecule has 0 radical (unpaired) electrons. The van der Waals surface area contributed by atoms with Crippen LogP contribution in [0.4, 0.5) is 26.3 Å². The molecule has 1 aromatic carbocycles. The number of hydrogen-bond acceptors (Lipinski definition) is 4. The highest BCUT2D eigenvalue weighted by Gasteiger charge is 2.42. The molecule has 1 unspecified atom stereocenters. The first-order valence-electron chi connectivity index (χ1n) is 11.3. The molecule has 2 fully saturated rings. The van der Waals surface area contributed by atoms with Crippen LogP contribution in [0, 0.1) is 11.3 Å². The summed E-state index contributed by atoms with van der Waals surface area (Å²) in [7, 11) is 1.49. The normalized spacial score (nSPS) is 20.7. The van der Waals surface area contributed by atoms with Gasteiger partial charge >= 0.3 is 12.4 Å². The zero-order chi connectivity index (χ0) is 25.0. The van der Waals surface area contributed by atoms with E-state index >= 15 is 0 Å². The molecule has 2 aliphatic heterocycles. The lowest BCUT2D eigenvalue weighted by Crippen LogP contribution is -2.54. The lowest BCUT2D eigenvalue weighted by atomic mass is 9.77. The highest BCUT2D eigenvalue weighted by Crippen LogP contribution is 2.37. The predicted molar refractivity (Wildman–Crippen MR) is 112 cm³/mol. The van der Waals surface area contributed by atoms with Crippen molar-refractivity contribution in [3.8, 4) is 0 Å². The van der Waals surface area contributed by atoms with E-state index in [-0.39, 0.29) is 36.5 Å². The molecule has 5 nitrogen and oxygen atoms in total. The molecular formula is C23H30F6N2O3. The van der Waals surface area contributed by atoms with Gasteiger partial charge in [0.05, 0.1) is 23.1 Å². The van der Waals surface area contributed by atoms with Gasteiger partial charge in [-0.3, -0.25) is 4.79 Å². The fraction of sp³-hybridized carbons (Fsp3) is 0.696. The molecule has 1 amide bonds. The van der Waals surface area contributed by atoms with Gasteiger partial charge in [-0.2, -0.15) is 26.3 Å². The minimum absolute atomic E-state index is 0.119. The Labute approximate surface area is 194 Å². The summed E-state index contributed by atoms with van der Waals surface area (Å²) in [5.74, 6) is -0.418. The first kappa shape index (κ1) is 26.7. The summed E-state index contributed by atoms with van der Waals surface area (Å²) in [6, 6.07) is 0.963. The van der Waals surface area contributed by atoms with Crippen LogP contribution < -0.4 is 10.6 Å². The van der Waals surface area contributed by atoms with E-state index in [1.54, 1.807) is 0 Å². The second-order valence-corrected chi connectivity index (χ2v) is 9.11. The molecule has 0 saturated carbocycles. The van der Waals surface area contributed by atoms with Gasteiger partial charge in [-0.15, -0.1) is 0 Å². The van der Waals surface area contributed by atoms with Gasteiger partial charge < -0.3 is 20.1 Å². The topological polar surface area (TPSA) is 59.6 Å². The fourth-order valence-electron chi connectivity index (χ4n) is 4.78. The van der Waals surface area contributed by atoms with Gasteiger partial charge in [-0.25, -0.2) is 0 Å². The lowest BCUT2D eigenvalue weighted by Gasteiger charge is -2.39. The Kier molecular flexibility index (Phi) is 8.51. The quantitative estimate of drug-likeness (QED) is 0.556. The van der Waals surface area contributed by atoms with Crippen molar-refractivity contribution < 1.29 is 40.6 Å². The van der Waals surface area contributed by atoms with Crippen LogP contribution in [0.1, 0.15) is 42.4 Å². The molecule has 2 N–H and O–H groups in total. The van der Waals surface area contributed by atoms with Gasteiger partial charge in [-0.05, 0) is 74.9 Å². The number of benzene rings is 1. The van der Waals surface area contributed by atoms with E-state index in [4.69, 9.17) is 9.47 Å². The molecule has 0 aliphatic carbocycles. The highest BCUT2D eigenvalue weighted by atomic mass is 19.4. The van der Waals surface area contributed by atoms with E-state index in [2.05, 4.69) is 10.6 Å². The average Bonchev–Trinajstić information content (AvgIpc) is 2.78. The Bertz CT molecular complexity index is 793. The molecule has 2 aliphatic rings. The second kappa shape index (κ2) is 10.8. The molecule has 3 rings (SSSR count). The summed E-state index contributed by atoms with van der Waals surface area (Å²) in [4.78, 5) is 13.4. The van der Waals surface area contributed by atoms with Crippen LogP contribution in [0.3, 0.4) is 0 Å². The van der Waals surface area contributed by atoms with E-state index in [9.17, 15) is 31.1 Å². The van der Waals surface area contributed by atoms with E-state index < -0.39 is 34.9 Å². The Morgan fingerprint density at radius 3 is 2.15 bits per heavy atom. The highest BCUT2D eigenvalue weighted by molar-refractivity contribution is 5.83. The third kappa shape index (κ3) is 6.63. The minimum atomic E-state index is -4.93. The Morgan fingerprint density at radius 2 is 1.65 bits per heavy atom. The van der Waals surface area contributed by atoms with Gasteiger partial charge in [0, 0.05) is 26.4 Å². The lowest BCUT2D eigenvalue weighted by molar-refractivity contribution is -0.143. The maximum absolute atomic E-state index is 13.4. The largest absolute Gasteiger partial charge is 0.416 e. The number of alkyl halides is 6. The molecule has 11 heteroatoms.